The molecule has 1 aromatic rings. The van der Waals surface area contributed by atoms with Crippen molar-refractivity contribution in [3.05, 3.63) is 29.6 Å². The maximum absolute atomic E-state index is 13.0. The van der Waals surface area contributed by atoms with E-state index >= 15 is 0 Å². The van der Waals surface area contributed by atoms with E-state index in [0.29, 0.717) is 0 Å². The molecule has 1 atom stereocenters. The average molecular weight is 305 g/mol. The fraction of sp³-hybridized carbons (Fsp3) is 0.300. The van der Waals surface area contributed by atoms with Crippen LogP contribution in [0.5, 0.6) is 0 Å². The van der Waals surface area contributed by atoms with Crippen molar-refractivity contribution >= 4 is 32.1 Å². The predicted octanol–water partition coefficient (Wildman–Crippen LogP) is 2.69. The summed E-state index contributed by atoms with van der Waals surface area (Å²) in [6, 6.07) is 4.55. The molecule has 1 aliphatic heterocycles. The van der Waals surface area contributed by atoms with E-state index in [4.69, 9.17) is 0 Å². The molecule has 0 aromatic heterocycles. The number of benzene rings is 1. The molecule has 0 amide bonds. The van der Waals surface area contributed by atoms with Crippen LogP contribution in [0, 0.1) is 5.82 Å². The minimum absolute atomic E-state index is 0.0796. The first-order valence-corrected chi connectivity index (χ1v) is 5.49. The Labute approximate surface area is 95.0 Å². The number of carbonyl (C=O) groups excluding carboxylic acids is 1. The van der Waals surface area contributed by atoms with Gasteiger partial charge in [-0.1, -0.05) is 0 Å². The highest BCUT2D eigenvalue weighted by atomic mass is 127. The topological polar surface area (TPSA) is 29.1 Å². The van der Waals surface area contributed by atoms with E-state index in [9.17, 15) is 9.18 Å². The molecule has 1 heterocycles. The van der Waals surface area contributed by atoms with Crippen LogP contribution in [0.25, 0.3) is 0 Å². The van der Waals surface area contributed by atoms with Gasteiger partial charge in [-0.2, -0.15) is 0 Å². The molecule has 1 unspecified atom stereocenters. The summed E-state index contributed by atoms with van der Waals surface area (Å²) in [7, 11) is 0. The number of rotatable bonds is 1. The Morgan fingerprint density at radius 1 is 1.57 bits per heavy atom. The number of fused-ring (bicyclic) bond motifs is 1. The molecule has 0 spiro atoms. The highest BCUT2D eigenvalue weighted by Crippen LogP contribution is 2.33. The van der Waals surface area contributed by atoms with Gasteiger partial charge in [0.25, 0.3) is 0 Å². The van der Waals surface area contributed by atoms with Crippen LogP contribution in [0.15, 0.2) is 18.2 Å². The van der Waals surface area contributed by atoms with Crippen LogP contribution < -0.4 is 5.32 Å². The molecular weight excluding hydrogens is 296 g/mol. The van der Waals surface area contributed by atoms with Crippen molar-refractivity contribution in [2.45, 2.75) is 12.3 Å². The van der Waals surface area contributed by atoms with Crippen molar-refractivity contribution in [1.82, 2.24) is 0 Å². The third kappa shape index (κ3) is 1.75. The third-order valence-corrected chi connectivity index (χ3v) is 3.16. The van der Waals surface area contributed by atoms with Gasteiger partial charge in [-0.15, -0.1) is 0 Å². The van der Waals surface area contributed by atoms with Gasteiger partial charge in [0.1, 0.15) is 5.82 Å². The highest BCUT2D eigenvalue weighted by Gasteiger charge is 2.24. The van der Waals surface area contributed by atoms with E-state index < -0.39 is 0 Å². The molecular formula is C10H9FINO. The molecule has 0 bridgehead atoms. The lowest BCUT2D eigenvalue weighted by atomic mass is 9.92. The normalized spacial score (nSPS) is 19.7. The number of nitrogens with one attached hydrogen (secondary N) is 1. The summed E-state index contributed by atoms with van der Waals surface area (Å²) in [5, 5.41) is 3.15. The smallest absolute Gasteiger partial charge is 0.199 e. The molecule has 2 rings (SSSR count). The summed E-state index contributed by atoms with van der Waals surface area (Å²) in [4.78, 5) is 11.3. The van der Waals surface area contributed by atoms with Gasteiger partial charge >= 0.3 is 0 Å². The van der Waals surface area contributed by atoms with Gasteiger partial charge in [0.15, 0.2) is 3.79 Å². The van der Waals surface area contributed by atoms with E-state index in [1.165, 1.54) is 12.1 Å². The van der Waals surface area contributed by atoms with Gasteiger partial charge in [0, 0.05) is 34.8 Å². The van der Waals surface area contributed by atoms with E-state index in [1.54, 1.807) is 28.7 Å². The zero-order valence-corrected chi connectivity index (χ0v) is 9.55. The van der Waals surface area contributed by atoms with Crippen molar-refractivity contribution in [1.29, 1.82) is 0 Å². The number of carbonyl (C=O) groups is 1. The lowest BCUT2D eigenvalue weighted by molar-refractivity contribution is -0.110. The van der Waals surface area contributed by atoms with Crippen LogP contribution in [0.3, 0.4) is 0 Å². The molecule has 0 fully saturated rings. The Balaban J connectivity index is 2.46. The fourth-order valence-electron chi connectivity index (χ4n) is 1.73. The Morgan fingerprint density at radius 2 is 2.36 bits per heavy atom. The van der Waals surface area contributed by atoms with Crippen molar-refractivity contribution in [3.63, 3.8) is 0 Å². The Hall–Kier alpha value is -0.650. The summed E-state index contributed by atoms with van der Waals surface area (Å²) < 4.78 is 13.1. The molecule has 4 heteroatoms. The number of halogens is 2. The molecule has 0 aliphatic carbocycles. The van der Waals surface area contributed by atoms with Gasteiger partial charge in [0.2, 0.25) is 0 Å². The predicted molar refractivity (Wildman–Crippen MR) is 61.3 cm³/mol. The first kappa shape index (κ1) is 9.89. The van der Waals surface area contributed by atoms with Crippen LogP contribution in [0.1, 0.15) is 17.9 Å². The molecule has 1 N–H and O–H groups in total. The van der Waals surface area contributed by atoms with Crippen molar-refractivity contribution in [2.24, 2.45) is 0 Å². The highest BCUT2D eigenvalue weighted by molar-refractivity contribution is 14.1. The van der Waals surface area contributed by atoms with Crippen molar-refractivity contribution in [2.75, 3.05) is 11.9 Å². The molecule has 1 aliphatic rings. The number of hydrogen-bond acceptors (Lipinski definition) is 2. The van der Waals surface area contributed by atoms with Crippen LogP contribution >= 0.6 is 22.6 Å². The summed E-state index contributed by atoms with van der Waals surface area (Å²) >= 11 is 1.78. The van der Waals surface area contributed by atoms with Crippen molar-refractivity contribution < 1.29 is 9.18 Å². The third-order valence-electron chi connectivity index (χ3n) is 2.41. The van der Waals surface area contributed by atoms with Gasteiger partial charge < -0.3 is 5.32 Å². The largest absolute Gasteiger partial charge is 0.385 e. The summed E-state index contributed by atoms with van der Waals surface area (Å²) in [6.07, 6.45) is 0.748. The molecule has 0 saturated heterocycles. The van der Waals surface area contributed by atoms with E-state index in [-0.39, 0.29) is 15.5 Å². The first-order chi connectivity index (χ1) is 6.68. The van der Waals surface area contributed by atoms with Crippen LogP contribution in [0.4, 0.5) is 10.1 Å². The molecule has 0 saturated carbocycles. The number of anilines is 1. The fourth-order valence-corrected chi connectivity index (χ4v) is 2.37. The van der Waals surface area contributed by atoms with Gasteiger partial charge in [0.05, 0.1) is 5.92 Å². The van der Waals surface area contributed by atoms with E-state index in [1.807, 2.05) is 0 Å². The average Bonchev–Trinajstić information content (AvgIpc) is 2.16. The SMILES string of the molecule is O=C(I)C1CCNc2ccc(F)cc21. The van der Waals surface area contributed by atoms with E-state index in [2.05, 4.69) is 5.32 Å². The standard InChI is InChI=1S/C10H9FINO/c11-6-1-2-9-8(5-6)7(10(12)14)3-4-13-9/h1-2,5,7,13H,3-4H2. The van der Waals surface area contributed by atoms with Crippen LogP contribution in [-0.4, -0.2) is 10.3 Å². The lowest BCUT2D eigenvalue weighted by Crippen LogP contribution is -2.20. The monoisotopic (exact) mass is 305 g/mol. The Bertz CT molecular complexity index is 380. The molecule has 1 aromatic carbocycles. The first-order valence-electron chi connectivity index (χ1n) is 4.41. The second-order valence-electron chi connectivity index (χ2n) is 3.30. The molecule has 0 radical (unpaired) electrons. The Kier molecular flexibility index (Phi) is 2.71. The van der Waals surface area contributed by atoms with Crippen LogP contribution in [-0.2, 0) is 4.79 Å². The molecule has 74 valence electrons. The zero-order valence-electron chi connectivity index (χ0n) is 7.39. The zero-order chi connectivity index (χ0) is 10.1. The second-order valence-corrected chi connectivity index (χ2v) is 4.37. The van der Waals surface area contributed by atoms with Gasteiger partial charge in [-0.25, -0.2) is 4.39 Å². The molecule has 2 nitrogen and oxygen atoms in total. The molecule has 14 heavy (non-hydrogen) atoms. The minimum atomic E-state index is -0.282. The van der Waals surface area contributed by atoms with Crippen molar-refractivity contribution in [3.8, 4) is 0 Å². The Morgan fingerprint density at radius 3 is 3.07 bits per heavy atom. The minimum Gasteiger partial charge on any atom is -0.385 e. The van der Waals surface area contributed by atoms with Gasteiger partial charge in [-0.05, 0) is 30.2 Å². The summed E-state index contributed by atoms with van der Waals surface area (Å²) in [5.74, 6) is -0.433. The van der Waals surface area contributed by atoms with E-state index in [0.717, 1.165) is 24.2 Å². The number of hydrogen-bond donors (Lipinski definition) is 1. The maximum Gasteiger partial charge on any atom is 0.199 e. The van der Waals surface area contributed by atoms with Crippen LogP contribution in [0.2, 0.25) is 0 Å². The maximum atomic E-state index is 13.0. The quantitative estimate of drug-likeness (QED) is 0.638. The van der Waals surface area contributed by atoms with Gasteiger partial charge in [-0.3, -0.25) is 4.79 Å². The summed E-state index contributed by atoms with van der Waals surface area (Å²) in [6.45, 7) is 0.776. The second kappa shape index (κ2) is 3.84. The lowest BCUT2D eigenvalue weighted by Gasteiger charge is -2.24. The summed E-state index contributed by atoms with van der Waals surface area (Å²) in [5.41, 5.74) is 1.67.